The summed E-state index contributed by atoms with van der Waals surface area (Å²) in [4.78, 5) is 11.1. The van der Waals surface area contributed by atoms with Crippen molar-refractivity contribution in [1.29, 1.82) is 0 Å². The fraction of sp³-hybridized carbons (Fsp3) is 0.909. The summed E-state index contributed by atoms with van der Waals surface area (Å²) in [5.74, 6) is 0.644. The largest absolute Gasteiger partial charge is 0.356 e. The summed E-state index contributed by atoms with van der Waals surface area (Å²) in [5.41, 5.74) is 0. The van der Waals surface area contributed by atoms with Crippen LogP contribution in [-0.4, -0.2) is 26.0 Å². The number of amides is 1. The van der Waals surface area contributed by atoms with Crippen LogP contribution < -0.4 is 10.6 Å². The van der Waals surface area contributed by atoms with Crippen molar-refractivity contribution in [3.8, 4) is 0 Å². The molecule has 0 aromatic heterocycles. The molecule has 0 spiro atoms. The van der Waals surface area contributed by atoms with Gasteiger partial charge in [-0.15, -0.1) is 0 Å². The van der Waals surface area contributed by atoms with E-state index in [1.165, 1.54) is 0 Å². The quantitative estimate of drug-likeness (QED) is 0.689. The minimum Gasteiger partial charge on any atom is -0.356 e. The molecule has 0 saturated heterocycles. The number of nitrogens with one attached hydrogen (secondary N) is 2. The van der Waals surface area contributed by atoms with Gasteiger partial charge < -0.3 is 10.6 Å². The van der Waals surface area contributed by atoms with Crippen LogP contribution in [0, 0.1) is 5.92 Å². The molecule has 0 bridgehead atoms. The molecule has 0 aliphatic heterocycles. The van der Waals surface area contributed by atoms with E-state index in [-0.39, 0.29) is 5.91 Å². The van der Waals surface area contributed by atoms with Crippen LogP contribution in [-0.2, 0) is 4.79 Å². The van der Waals surface area contributed by atoms with E-state index in [0.29, 0.717) is 12.3 Å². The summed E-state index contributed by atoms with van der Waals surface area (Å²) in [6, 6.07) is 0. The highest BCUT2D eigenvalue weighted by Gasteiger charge is 2.06. The summed E-state index contributed by atoms with van der Waals surface area (Å²) >= 11 is 0. The Balaban J connectivity index is 0. The Labute approximate surface area is 88.7 Å². The summed E-state index contributed by atoms with van der Waals surface area (Å²) < 4.78 is 0. The van der Waals surface area contributed by atoms with E-state index in [0.717, 1.165) is 19.5 Å². The molecule has 1 unspecified atom stereocenters. The lowest BCUT2D eigenvalue weighted by Gasteiger charge is -2.09. The Bertz CT molecular complexity index is 126. The highest BCUT2D eigenvalue weighted by Crippen LogP contribution is 2.05. The molecule has 0 radical (unpaired) electrons. The predicted molar refractivity (Wildman–Crippen MR) is 62.4 cm³/mol. The smallest absolute Gasteiger partial charge is 0.220 e. The van der Waals surface area contributed by atoms with Crippen LogP contribution in [0.15, 0.2) is 0 Å². The minimum atomic E-state index is 0.168. The van der Waals surface area contributed by atoms with Gasteiger partial charge in [-0.2, -0.15) is 0 Å². The fourth-order valence-electron chi connectivity index (χ4n) is 1.08. The molecule has 1 atom stereocenters. The molecular formula is C11H26N2O. The van der Waals surface area contributed by atoms with Gasteiger partial charge in [0, 0.05) is 13.0 Å². The van der Waals surface area contributed by atoms with Gasteiger partial charge in [0.05, 0.1) is 0 Å². The van der Waals surface area contributed by atoms with E-state index in [4.69, 9.17) is 0 Å². The lowest BCUT2D eigenvalue weighted by atomic mass is 10.0. The summed E-state index contributed by atoms with van der Waals surface area (Å²) in [6.45, 7) is 9.76. The third-order valence-electron chi connectivity index (χ3n) is 1.79. The van der Waals surface area contributed by atoms with E-state index in [1.807, 2.05) is 27.8 Å². The molecule has 0 aliphatic rings. The molecule has 3 heteroatoms. The van der Waals surface area contributed by atoms with Crippen molar-refractivity contribution in [3.05, 3.63) is 0 Å². The summed E-state index contributed by atoms with van der Waals surface area (Å²) in [5, 5.41) is 5.87. The van der Waals surface area contributed by atoms with Gasteiger partial charge in [0.15, 0.2) is 0 Å². The van der Waals surface area contributed by atoms with Gasteiger partial charge in [-0.3, -0.25) is 4.79 Å². The van der Waals surface area contributed by atoms with Crippen LogP contribution in [0.25, 0.3) is 0 Å². The number of carbonyl (C=O) groups is 1. The molecule has 0 rings (SSSR count). The molecule has 1 amide bonds. The Hall–Kier alpha value is -0.570. The highest BCUT2D eigenvalue weighted by atomic mass is 16.1. The van der Waals surface area contributed by atoms with Crippen molar-refractivity contribution >= 4 is 5.91 Å². The second-order valence-corrected chi connectivity index (χ2v) is 3.16. The Morgan fingerprint density at radius 1 is 1.36 bits per heavy atom. The van der Waals surface area contributed by atoms with Crippen molar-refractivity contribution < 1.29 is 4.79 Å². The van der Waals surface area contributed by atoms with E-state index >= 15 is 0 Å². The van der Waals surface area contributed by atoms with Gasteiger partial charge in [0.1, 0.15) is 0 Å². The molecule has 3 nitrogen and oxygen atoms in total. The number of hydrogen-bond acceptors (Lipinski definition) is 2. The van der Waals surface area contributed by atoms with E-state index in [2.05, 4.69) is 17.6 Å². The lowest BCUT2D eigenvalue weighted by Crippen LogP contribution is -2.25. The third kappa shape index (κ3) is 11.4. The first-order valence-corrected chi connectivity index (χ1v) is 5.62. The van der Waals surface area contributed by atoms with Gasteiger partial charge in [-0.05, 0) is 32.9 Å². The lowest BCUT2D eigenvalue weighted by molar-refractivity contribution is -0.121. The average Bonchev–Trinajstić information content (AvgIpc) is 2.18. The van der Waals surface area contributed by atoms with Gasteiger partial charge in [0.2, 0.25) is 5.91 Å². The Morgan fingerprint density at radius 2 is 1.93 bits per heavy atom. The Morgan fingerprint density at radius 3 is 2.36 bits per heavy atom. The zero-order valence-corrected chi connectivity index (χ0v) is 10.3. The van der Waals surface area contributed by atoms with Crippen LogP contribution in [0.2, 0.25) is 0 Å². The van der Waals surface area contributed by atoms with Crippen LogP contribution in [0.3, 0.4) is 0 Å². The van der Waals surface area contributed by atoms with E-state index in [1.54, 1.807) is 0 Å². The second-order valence-electron chi connectivity index (χ2n) is 3.16. The summed E-state index contributed by atoms with van der Waals surface area (Å²) in [7, 11) is 1.93. The topological polar surface area (TPSA) is 41.1 Å². The van der Waals surface area contributed by atoms with E-state index < -0.39 is 0 Å². The van der Waals surface area contributed by atoms with E-state index in [9.17, 15) is 4.79 Å². The van der Waals surface area contributed by atoms with Gasteiger partial charge in [-0.25, -0.2) is 0 Å². The van der Waals surface area contributed by atoms with Gasteiger partial charge in [-0.1, -0.05) is 20.8 Å². The fourth-order valence-corrected chi connectivity index (χ4v) is 1.08. The normalized spacial score (nSPS) is 11.2. The minimum absolute atomic E-state index is 0.168. The van der Waals surface area contributed by atoms with Crippen LogP contribution in [0.1, 0.15) is 40.5 Å². The first-order valence-electron chi connectivity index (χ1n) is 5.62. The predicted octanol–water partition coefficient (Wildman–Crippen LogP) is 1.78. The monoisotopic (exact) mass is 202 g/mol. The van der Waals surface area contributed by atoms with Crippen molar-refractivity contribution in [2.75, 3.05) is 20.1 Å². The zero-order chi connectivity index (χ0) is 11.4. The Kier molecular flexibility index (Phi) is 14.1. The van der Waals surface area contributed by atoms with Gasteiger partial charge >= 0.3 is 0 Å². The molecule has 0 aromatic carbocycles. The average molecular weight is 202 g/mol. The molecule has 0 saturated carbocycles. The number of rotatable bonds is 6. The molecule has 2 N–H and O–H groups in total. The first kappa shape index (κ1) is 15.9. The van der Waals surface area contributed by atoms with Crippen molar-refractivity contribution in [3.63, 3.8) is 0 Å². The second kappa shape index (κ2) is 12.4. The van der Waals surface area contributed by atoms with Crippen LogP contribution in [0.5, 0.6) is 0 Å². The first-order chi connectivity index (χ1) is 6.70. The third-order valence-corrected chi connectivity index (χ3v) is 1.79. The molecule has 0 heterocycles. The van der Waals surface area contributed by atoms with Crippen LogP contribution >= 0.6 is 0 Å². The maximum absolute atomic E-state index is 11.1. The number of hydrogen-bond donors (Lipinski definition) is 2. The molecular weight excluding hydrogens is 176 g/mol. The molecule has 0 aromatic rings. The van der Waals surface area contributed by atoms with Gasteiger partial charge in [0.25, 0.3) is 0 Å². The van der Waals surface area contributed by atoms with Crippen molar-refractivity contribution in [1.82, 2.24) is 10.6 Å². The molecule has 0 fully saturated rings. The van der Waals surface area contributed by atoms with Crippen LogP contribution in [0.4, 0.5) is 0 Å². The highest BCUT2D eigenvalue weighted by molar-refractivity contribution is 5.75. The zero-order valence-electron chi connectivity index (χ0n) is 10.3. The van der Waals surface area contributed by atoms with Crippen molar-refractivity contribution in [2.24, 2.45) is 5.92 Å². The maximum Gasteiger partial charge on any atom is 0.220 e. The molecule has 0 aliphatic carbocycles. The maximum atomic E-state index is 11.1. The number of carbonyl (C=O) groups excluding carboxylic acids is 1. The standard InChI is InChI=1S/C9H20N2O.C2H6/c1-4-11-9(12)7-8(2)5-6-10-3;1-2/h8,10H,4-7H2,1-3H3,(H,11,12);1-2H3. The summed E-state index contributed by atoms with van der Waals surface area (Å²) in [6.07, 6.45) is 1.71. The molecule has 14 heavy (non-hydrogen) atoms. The molecule has 86 valence electrons. The van der Waals surface area contributed by atoms with Crippen molar-refractivity contribution in [2.45, 2.75) is 40.5 Å². The SMILES string of the molecule is CC.CCNC(=O)CC(C)CCNC.